The zero-order valence-corrected chi connectivity index (χ0v) is 14.1. The third kappa shape index (κ3) is 5.30. The summed E-state index contributed by atoms with van der Waals surface area (Å²) in [6.45, 7) is 6.19. The Balaban J connectivity index is 1.75. The molecule has 6 heteroatoms. The summed E-state index contributed by atoms with van der Waals surface area (Å²) in [5.41, 5.74) is 1.98. The molecule has 4 nitrogen and oxygen atoms in total. The molecule has 0 aromatic heterocycles. The van der Waals surface area contributed by atoms with Crippen LogP contribution in [0, 0.1) is 6.92 Å². The number of quaternary nitrogens is 1. The predicted molar refractivity (Wildman–Crippen MR) is 93.1 cm³/mol. The first-order valence-corrected chi connectivity index (χ1v) is 8.53. The molecular formula is C15H22N3OS2+. The second-order valence-corrected chi connectivity index (χ2v) is 7.03. The van der Waals surface area contributed by atoms with Crippen LogP contribution in [0.15, 0.2) is 24.3 Å². The molecule has 114 valence electrons. The molecule has 0 radical (unpaired) electrons. The summed E-state index contributed by atoms with van der Waals surface area (Å²) in [6, 6.07) is 7.81. The molecule has 1 amide bonds. The minimum atomic E-state index is -0.00676. The zero-order valence-electron chi connectivity index (χ0n) is 12.5. The van der Waals surface area contributed by atoms with Crippen LogP contribution in [0.1, 0.15) is 5.56 Å². The molecule has 1 aromatic rings. The molecule has 0 saturated carbocycles. The average molecular weight is 324 g/mol. The zero-order chi connectivity index (χ0) is 15.2. The predicted octanol–water partition coefficient (Wildman–Crippen LogP) is 0.782. The third-order valence-electron chi connectivity index (χ3n) is 3.50. The van der Waals surface area contributed by atoms with Gasteiger partial charge in [0.2, 0.25) is 5.91 Å². The van der Waals surface area contributed by atoms with Gasteiger partial charge < -0.3 is 15.1 Å². The van der Waals surface area contributed by atoms with Crippen LogP contribution in [-0.4, -0.2) is 54.1 Å². The van der Waals surface area contributed by atoms with Crippen LogP contribution in [0.3, 0.4) is 0 Å². The van der Waals surface area contributed by atoms with E-state index in [1.807, 2.05) is 31.2 Å². The van der Waals surface area contributed by atoms with E-state index in [2.05, 4.69) is 17.3 Å². The number of carbonyl (C=O) groups is 1. The first kappa shape index (κ1) is 16.3. The number of thioether (sulfide) groups is 1. The number of piperazine rings is 1. The van der Waals surface area contributed by atoms with Crippen LogP contribution in [0.2, 0.25) is 0 Å². The number of amides is 1. The van der Waals surface area contributed by atoms with Crippen molar-refractivity contribution in [3.05, 3.63) is 29.8 Å². The lowest BCUT2D eigenvalue weighted by atomic mass is 10.2. The maximum absolute atomic E-state index is 11.9. The van der Waals surface area contributed by atoms with Gasteiger partial charge in [0.05, 0.1) is 39.0 Å². The first-order valence-electron chi connectivity index (χ1n) is 7.14. The SMILES string of the molecule is Cc1cccc(NC(=O)CSC(=S)N2CC[NH+](C)CC2)c1. The van der Waals surface area contributed by atoms with Crippen LogP contribution in [0.25, 0.3) is 0 Å². The lowest BCUT2D eigenvalue weighted by molar-refractivity contribution is -0.883. The number of nitrogens with zero attached hydrogens (tertiary/aromatic N) is 1. The van der Waals surface area contributed by atoms with E-state index in [-0.39, 0.29) is 5.91 Å². The summed E-state index contributed by atoms with van der Waals surface area (Å²) < 4.78 is 0.835. The molecule has 0 spiro atoms. The minimum Gasteiger partial charge on any atom is -0.346 e. The van der Waals surface area contributed by atoms with Crippen molar-refractivity contribution in [1.29, 1.82) is 0 Å². The van der Waals surface area contributed by atoms with Crippen molar-refractivity contribution < 1.29 is 9.69 Å². The molecule has 1 heterocycles. The number of rotatable bonds is 3. The number of hydrogen-bond acceptors (Lipinski definition) is 3. The minimum absolute atomic E-state index is 0.00676. The Hall–Kier alpha value is -1.11. The number of nitrogens with one attached hydrogen (secondary N) is 2. The van der Waals surface area contributed by atoms with E-state index in [9.17, 15) is 4.79 Å². The molecule has 0 atom stereocenters. The van der Waals surface area contributed by atoms with Crippen LogP contribution in [-0.2, 0) is 4.79 Å². The monoisotopic (exact) mass is 324 g/mol. The van der Waals surface area contributed by atoms with Gasteiger partial charge in [-0.25, -0.2) is 0 Å². The topological polar surface area (TPSA) is 36.8 Å². The Bertz CT molecular complexity index is 513. The molecule has 21 heavy (non-hydrogen) atoms. The molecule has 0 aliphatic carbocycles. The van der Waals surface area contributed by atoms with Gasteiger partial charge in [-0.2, -0.15) is 0 Å². The summed E-state index contributed by atoms with van der Waals surface area (Å²) in [4.78, 5) is 15.7. The van der Waals surface area contributed by atoms with E-state index in [0.717, 1.165) is 41.8 Å². The summed E-state index contributed by atoms with van der Waals surface area (Å²) >= 11 is 6.87. The van der Waals surface area contributed by atoms with Gasteiger partial charge in [-0.05, 0) is 24.6 Å². The largest absolute Gasteiger partial charge is 0.346 e. The van der Waals surface area contributed by atoms with Gasteiger partial charge in [0, 0.05) is 5.69 Å². The van der Waals surface area contributed by atoms with Crippen molar-refractivity contribution in [2.45, 2.75) is 6.92 Å². The molecule has 1 aromatic carbocycles. The van der Waals surface area contributed by atoms with E-state index in [1.165, 1.54) is 16.7 Å². The van der Waals surface area contributed by atoms with Gasteiger partial charge in [0.25, 0.3) is 0 Å². The van der Waals surface area contributed by atoms with Gasteiger partial charge in [0.15, 0.2) is 0 Å². The van der Waals surface area contributed by atoms with Gasteiger partial charge in [-0.1, -0.05) is 36.1 Å². The highest BCUT2D eigenvalue weighted by atomic mass is 32.2. The maximum atomic E-state index is 11.9. The lowest BCUT2D eigenvalue weighted by Gasteiger charge is -2.31. The summed E-state index contributed by atoms with van der Waals surface area (Å²) in [6.07, 6.45) is 0. The molecule has 0 unspecified atom stereocenters. The van der Waals surface area contributed by atoms with E-state index in [4.69, 9.17) is 12.2 Å². The van der Waals surface area contributed by atoms with Crippen molar-refractivity contribution >= 4 is 39.9 Å². The fourth-order valence-electron chi connectivity index (χ4n) is 2.21. The Kier molecular flexibility index (Phi) is 6.02. The molecule has 1 aliphatic heterocycles. The van der Waals surface area contributed by atoms with Crippen molar-refractivity contribution in [2.24, 2.45) is 0 Å². The second kappa shape index (κ2) is 7.77. The highest BCUT2D eigenvalue weighted by Gasteiger charge is 2.19. The number of likely N-dealkylation sites (N-methyl/N-ethyl adjacent to an activating group) is 1. The van der Waals surface area contributed by atoms with Crippen molar-refractivity contribution in [2.75, 3.05) is 44.3 Å². The lowest BCUT2D eigenvalue weighted by Crippen LogP contribution is -3.12. The third-order valence-corrected chi connectivity index (χ3v) is 5.03. The number of benzene rings is 1. The average Bonchev–Trinajstić information content (AvgIpc) is 2.45. The highest BCUT2D eigenvalue weighted by molar-refractivity contribution is 8.23. The standard InChI is InChI=1S/C15H21N3OS2/c1-12-4-3-5-13(10-12)16-14(19)11-21-15(20)18-8-6-17(2)7-9-18/h3-5,10H,6-9,11H2,1-2H3,(H,16,19)/p+1. The smallest absolute Gasteiger partial charge is 0.234 e. The van der Waals surface area contributed by atoms with Crippen molar-refractivity contribution in [1.82, 2.24) is 4.90 Å². The maximum Gasteiger partial charge on any atom is 0.234 e. The molecule has 1 saturated heterocycles. The van der Waals surface area contributed by atoms with Gasteiger partial charge >= 0.3 is 0 Å². The van der Waals surface area contributed by atoms with Crippen LogP contribution in [0.4, 0.5) is 5.69 Å². The Morgan fingerprint density at radius 3 is 2.81 bits per heavy atom. The number of anilines is 1. The number of carbonyl (C=O) groups excluding carboxylic acids is 1. The summed E-state index contributed by atoms with van der Waals surface area (Å²) in [5, 5.41) is 2.91. The molecule has 0 bridgehead atoms. The quantitative estimate of drug-likeness (QED) is 0.806. The summed E-state index contributed by atoms with van der Waals surface area (Å²) in [5.74, 6) is 0.360. The number of hydrogen-bond donors (Lipinski definition) is 2. The van der Waals surface area contributed by atoms with E-state index >= 15 is 0 Å². The normalized spacial score (nSPS) is 15.8. The van der Waals surface area contributed by atoms with Crippen LogP contribution < -0.4 is 10.2 Å². The van der Waals surface area contributed by atoms with Crippen molar-refractivity contribution in [3.8, 4) is 0 Å². The fraction of sp³-hybridized carbons (Fsp3) is 0.467. The molecular weight excluding hydrogens is 302 g/mol. The fourth-order valence-corrected chi connectivity index (χ4v) is 3.26. The molecule has 2 N–H and O–H groups in total. The number of thiocarbonyl (C=S) groups is 1. The van der Waals surface area contributed by atoms with Gasteiger partial charge in [-0.15, -0.1) is 0 Å². The first-order chi connectivity index (χ1) is 10.0. The van der Waals surface area contributed by atoms with E-state index in [1.54, 1.807) is 0 Å². The Morgan fingerprint density at radius 2 is 2.14 bits per heavy atom. The van der Waals surface area contributed by atoms with E-state index < -0.39 is 0 Å². The molecule has 2 rings (SSSR count). The molecule has 1 aliphatic rings. The van der Waals surface area contributed by atoms with Gasteiger partial charge in [-0.3, -0.25) is 4.79 Å². The Labute approximate surface area is 135 Å². The summed E-state index contributed by atoms with van der Waals surface area (Å²) in [7, 11) is 2.20. The van der Waals surface area contributed by atoms with E-state index in [0.29, 0.717) is 5.75 Å². The van der Waals surface area contributed by atoms with Crippen molar-refractivity contribution in [3.63, 3.8) is 0 Å². The highest BCUT2D eigenvalue weighted by Crippen LogP contribution is 2.13. The van der Waals surface area contributed by atoms with Crippen LogP contribution >= 0.6 is 24.0 Å². The Morgan fingerprint density at radius 1 is 1.43 bits per heavy atom. The molecule has 1 fully saturated rings. The number of aryl methyl sites for hydroxylation is 1. The second-order valence-electron chi connectivity index (χ2n) is 5.42. The van der Waals surface area contributed by atoms with Gasteiger partial charge in [0.1, 0.15) is 4.32 Å². The van der Waals surface area contributed by atoms with Crippen LogP contribution in [0.5, 0.6) is 0 Å².